The average Bonchev–Trinajstić information content (AvgIpc) is 2.39. The first-order chi connectivity index (χ1) is 8.58. The Balaban J connectivity index is 2.28. The molecule has 0 fully saturated rings. The summed E-state index contributed by atoms with van der Waals surface area (Å²) in [5.74, 6) is 0.536. The standard InChI is InChI=1S/C16H17NO/c1-11(2)13-4-6-14(7-5-13)15-8-9-16(12(3)18)17-10-15/h4-11H,1-3H3. The van der Waals surface area contributed by atoms with Crippen LogP contribution in [0.15, 0.2) is 42.6 Å². The summed E-state index contributed by atoms with van der Waals surface area (Å²) in [5.41, 5.74) is 4.00. The number of benzene rings is 1. The van der Waals surface area contributed by atoms with Gasteiger partial charge in [-0.25, -0.2) is 0 Å². The van der Waals surface area contributed by atoms with Crippen molar-refractivity contribution in [2.45, 2.75) is 26.7 Å². The van der Waals surface area contributed by atoms with E-state index in [4.69, 9.17) is 0 Å². The van der Waals surface area contributed by atoms with Crippen molar-refractivity contribution < 1.29 is 4.79 Å². The highest BCUT2D eigenvalue weighted by Crippen LogP contribution is 2.22. The van der Waals surface area contributed by atoms with E-state index >= 15 is 0 Å². The van der Waals surface area contributed by atoms with Gasteiger partial charge in [0.1, 0.15) is 5.69 Å². The van der Waals surface area contributed by atoms with Crippen LogP contribution >= 0.6 is 0 Å². The van der Waals surface area contributed by atoms with Gasteiger partial charge in [-0.3, -0.25) is 9.78 Å². The van der Waals surface area contributed by atoms with Crippen LogP contribution in [0.4, 0.5) is 0 Å². The summed E-state index contributed by atoms with van der Waals surface area (Å²) in [6.45, 7) is 5.88. The number of rotatable bonds is 3. The third-order valence-corrected chi connectivity index (χ3v) is 3.03. The quantitative estimate of drug-likeness (QED) is 0.755. The van der Waals surface area contributed by atoms with Gasteiger partial charge in [-0.1, -0.05) is 44.2 Å². The molecule has 0 N–H and O–H groups in total. The number of nitrogens with zero attached hydrogens (tertiary/aromatic N) is 1. The largest absolute Gasteiger partial charge is 0.293 e. The van der Waals surface area contributed by atoms with Crippen LogP contribution in [0.1, 0.15) is 42.7 Å². The maximum absolute atomic E-state index is 11.2. The minimum atomic E-state index is -0.00305. The Hall–Kier alpha value is -1.96. The molecule has 0 saturated heterocycles. The monoisotopic (exact) mass is 239 g/mol. The zero-order valence-electron chi connectivity index (χ0n) is 11.0. The zero-order valence-corrected chi connectivity index (χ0v) is 11.0. The molecule has 92 valence electrons. The molecule has 1 aromatic heterocycles. The third-order valence-electron chi connectivity index (χ3n) is 3.03. The van der Waals surface area contributed by atoms with E-state index in [0.717, 1.165) is 11.1 Å². The Bertz CT molecular complexity index is 538. The number of aromatic nitrogens is 1. The van der Waals surface area contributed by atoms with Gasteiger partial charge in [0.2, 0.25) is 0 Å². The average molecular weight is 239 g/mol. The van der Waals surface area contributed by atoms with E-state index in [2.05, 4.69) is 43.1 Å². The second-order valence-electron chi connectivity index (χ2n) is 4.77. The third kappa shape index (κ3) is 2.65. The second kappa shape index (κ2) is 5.13. The minimum absolute atomic E-state index is 0.00305. The molecule has 2 aromatic rings. The lowest BCUT2D eigenvalue weighted by atomic mass is 9.99. The molecule has 2 rings (SSSR count). The Morgan fingerprint density at radius 2 is 1.61 bits per heavy atom. The molecule has 0 bridgehead atoms. The van der Waals surface area contributed by atoms with Crippen LogP contribution in [-0.2, 0) is 0 Å². The van der Waals surface area contributed by atoms with Crippen molar-refractivity contribution in [3.8, 4) is 11.1 Å². The van der Waals surface area contributed by atoms with Gasteiger partial charge in [-0.05, 0) is 23.1 Å². The first-order valence-electron chi connectivity index (χ1n) is 6.15. The molecule has 0 aliphatic heterocycles. The van der Waals surface area contributed by atoms with Crippen LogP contribution in [0.5, 0.6) is 0 Å². The molecule has 2 heteroatoms. The number of hydrogen-bond acceptors (Lipinski definition) is 2. The maximum atomic E-state index is 11.2. The Morgan fingerprint density at radius 3 is 2.06 bits per heavy atom. The number of carbonyl (C=O) groups is 1. The number of pyridine rings is 1. The lowest BCUT2D eigenvalue weighted by molar-refractivity contribution is 0.101. The van der Waals surface area contributed by atoms with Crippen molar-refractivity contribution in [2.75, 3.05) is 0 Å². The highest BCUT2D eigenvalue weighted by Gasteiger charge is 2.03. The number of ketones is 1. The summed E-state index contributed by atoms with van der Waals surface area (Å²) < 4.78 is 0. The van der Waals surface area contributed by atoms with Gasteiger partial charge in [0.15, 0.2) is 5.78 Å². The SMILES string of the molecule is CC(=O)c1ccc(-c2ccc(C(C)C)cc2)cn1. The first kappa shape index (κ1) is 12.5. The van der Waals surface area contributed by atoms with Crippen LogP contribution in [0, 0.1) is 0 Å². The maximum Gasteiger partial charge on any atom is 0.178 e. The predicted octanol–water partition coefficient (Wildman–Crippen LogP) is 4.07. The molecule has 0 radical (unpaired) electrons. The predicted molar refractivity (Wildman–Crippen MR) is 73.8 cm³/mol. The van der Waals surface area contributed by atoms with Crippen molar-refractivity contribution in [2.24, 2.45) is 0 Å². The van der Waals surface area contributed by atoms with Gasteiger partial charge in [0.05, 0.1) is 0 Å². The molecule has 0 atom stereocenters. The first-order valence-corrected chi connectivity index (χ1v) is 6.15. The molecule has 0 aliphatic rings. The van der Waals surface area contributed by atoms with E-state index in [9.17, 15) is 4.79 Å². The van der Waals surface area contributed by atoms with Crippen LogP contribution in [0.2, 0.25) is 0 Å². The van der Waals surface area contributed by atoms with Crippen LogP contribution in [-0.4, -0.2) is 10.8 Å². The van der Waals surface area contributed by atoms with Crippen LogP contribution < -0.4 is 0 Å². The molecular formula is C16H17NO. The molecule has 2 nitrogen and oxygen atoms in total. The molecule has 0 saturated carbocycles. The number of Topliss-reactive ketones (excluding diaryl/α,β-unsaturated/α-hetero) is 1. The van der Waals surface area contributed by atoms with Gasteiger partial charge < -0.3 is 0 Å². The number of carbonyl (C=O) groups excluding carboxylic acids is 1. The van der Waals surface area contributed by atoms with E-state index in [-0.39, 0.29) is 5.78 Å². The van der Waals surface area contributed by atoms with Crippen molar-refractivity contribution >= 4 is 5.78 Å². The lowest BCUT2D eigenvalue weighted by Gasteiger charge is -2.07. The molecule has 0 aliphatic carbocycles. The van der Waals surface area contributed by atoms with Crippen molar-refractivity contribution in [3.63, 3.8) is 0 Å². The summed E-state index contributed by atoms with van der Waals surface area (Å²) in [6, 6.07) is 12.2. The van der Waals surface area contributed by atoms with Gasteiger partial charge in [0, 0.05) is 18.7 Å². The van der Waals surface area contributed by atoms with E-state index in [1.54, 1.807) is 12.3 Å². The summed E-state index contributed by atoms with van der Waals surface area (Å²) in [7, 11) is 0. The Morgan fingerprint density at radius 1 is 1.00 bits per heavy atom. The number of hydrogen-bond donors (Lipinski definition) is 0. The zero-order chi connectivity index (χ0) is 13.1. The van der Waals surface area contributed by atoms with E-state index in [1.807, 2.05) is 6.07 Å². The van der Waals surface area contributed by atoms with Gasteiger partial charge >= 0.3 is 0 Å². The van der Waals surface area contributed by atoms with Crippen molar-refractivity contribution in [1.29, 1.82) is 0 Å². The highest BCUT2D eigenvalue weighted by molar-refractivity contribution is 5.92. The highest BCUT2D eigenvalue weighted by atomic mass is 16.1. The van der Waals surface area contributed by atoms with Crippen LogP contribution in [0.3, 0.4) is 0 Å². The van der Waals surface area contributed by atoms with Gasteiger partial charge in [-0.15, -0.1) is 0 Å². The van der Waals surface area contributed by atoms with Gasteiger partial charge in [-0.2, -0.15) is 0 Å². The fourth-order valence-electron chi connectivity index (χ4n) is 1.83. The van der Waals surface area contributed by atoms with Crippen LogP contribution in [0.25, 0.3) is 11.1 Å². The molecule has 0 unspecified atom stereocenters. The molecular weight excluding hydrogens is 222 g/mol. The van der Waals surface area contributed by atoms with Crippen molar-refractivity contribution in [3.05, 3.63) is 53.9 Å². The fourth-order valence-corrected chi connectivity index (χ4v) is 1.83. The summed E-state index contributed by atoms with van der Waals surface area (Å²) in [4.78, 5) is 15.3. The molecule has 1 aromatic carbocycles. The molecule has 1 heterocycles. The topological polar surface area (TPSA) is 30.0 Å². The van der Waals surface area contributed by atoms with E-state index in [1.165, 1.54) is 12.5 Å². The lowest BCUT2D eigenvalue weighted by Crippen LogP contribution is -1.95. The Kier molecular flexibility index (Phi) is 3.56. The van der Waals surface area contributed by atoms with E-state index < -0.39 is 0 Å². The smallest absolute Gasteiger partial charge is 0.178 e. The summed E-state index contributed by atoms with van der Waals surface area (Å²) in [6.07, 6.45) is 1.75. The molecule has 18 heavy (non-hydrogen) atoms. The molecule has 0 spiro atoms. The Labute approximate surface area is 108 Å². The second-order valence-corrected chi connectivity index (χ2v) is 4.77. The normalized spacial score (nSPS) is 10.7. The fraction of sp³-hybridized carbons (Fsp3) is 0.250. The summed E-state index contributed by atoms with van der Waals surface area (Å²) >= 11 is 0. The van der Waals surface area contributed by atoms with E-state index in [0.29, 0.717) is 11.6 Å². The minimum Gasteiger partial charge on any atom is -0.293 e. The van der Waals surface area contributed by atoms with Gasteiger partial charge in [0.25, 0.3) is 0 Å². The summed E-state index contributed by atoms with van der Waals surface area (Å²) in [5, 5.41) is 0. The van der Waals surface area contributed by atoms with Crippen molar-refractivity contribution in [1.82, 2.24) is 4.98 Å². The molecule has 0 amide bonds.